The van der Waals surface area contributed by atoms with Crippen LogP contribution in [0.1, 0.15) is 33.9 Å². The standard InChI is InChI=1S/C21H21F2N3O2/c1-15-5-3-6-16(11-15)14-28-18-8-4-7-17(12-18)20(27)25(2)13-19-24-9-10-26(19)21(22)23/h3-12,21H,13-14H2,1-2H3. The Labute approximate surface area is 162 Å². The van der Waals surface area contributed by atoms with Gasteiger partial charge in [-0.05, 0) is 30.7 Å². The lowest BCUT2D eigenvalue weighted by Gasteiger charge is -2.18. The fraction of sp³-hybridized carbons (Fsp3) is 0.238. The minimum absolute atomic E-state index is 0.0233. The largest absolute Gasteiger partial charge is 0.489 e. The molecule has 0 aliphatic carbocycles. The van der Waals surface area contributed by atoms with Crippen molar-refractivity contribution in [2.24, 2.45) is 0 Å². The maximum absolute atomic E-state index is 12.9. The molecule has 0 radical (unpaired) electrons. The van der Waals surface area contributed by atoms with Gasteiger partial charge >= 0.3 is 6.55 Å². The van der Waals surface area contributed by atoms with Crippen LogP contribution in [0.25, 0.3) is 0 Å². The smallest absolute Gasteiger partial charge is 0.319 e. The number of hydrogen-bond acceptors (Lipinski definition) is 3. The van der Waals surface area contributed by atoms with E-state index in [2.05, 4.69) is 4.98 Å². The Kier molecular flexibility index (Phi) is 6.03. The Balaban J connectivity index is 1.66. The summed E-state index contributed by atoms with van der Waals surface area (Å²) in [5.41, 5.74) is 2.60. The molecule has 0 aliphatic rings. The van der Waals surface area contributed by atoms with Crippen LogP contribution in [0.2, 0.25) is 0 Å². The molecule has 0 atom stereocenters. The van der Waals surface area contributed by atoms with E-state index in [0.29, 0.717) is 17.9 Å². The molecular formula is C21H21F2N3O2. The van der Waals surface area contributed by atoms with Crippen molar-refractivity contribution in [1.82, 2.24) is 14.5 Å². The van der Waals surface area contributed by atoms with Crippen LogP contribution in [0.5, 0.6) is 5.75 Å². The van der Waals surface area contributed by atoms with E-state index in [0.717, 1.165) is 15.7 Å². The number of aromatic nitrogens is 2. The quantitative estimate of drug-likeness (QED) is 0.604. The maximum atomic E-state index is 12.9. The second kappa shape index (κ2) is 8.65. The van der Waals surface area contributed by atoms with Crippen LogP contribution < -0.4 is 4.74 Å². The molecule has 1 aromatic heterocycles. The number of carbonyl (C=O) groups is 1. The number of halogens is 2. The Morgan fingerprint density at radius 3 is 2.75 bits per heavy atom. The normalized spacial score (nSPS) is 10.9. The van der Waals surface area contributed by atoms with Gasteiger partial charge in [0.1, 0.15) is 18.2 Å². The highest BCUT2D eigenvalue weighted by molar-refractivity contribution is 5.94. The maximum Gasteiger partial charge on any atom is 0.319 e. The van der Waals surface area contributed by atoms with Crippen molar-refractivity contribution in [3.8, 4) is 5.75 Å². The Hall–Kier alpha value is -3.22. The number of carbonyl (C=O) groups excluding carboxylic acids is 1. The fourth-order valence-electron chi connectivity index (χ4n) is 2.84. The molecule has 0 fully saturated rings. The minimum Gasteiger partial charge on any atom is -0.489 e. The Morgan fingerprint density at radius 1 is 1.21 bits per heavy atom. The van der Waals surface area contributed by atoms with Crippen molar-refractivity contribution in [3.63, 3.8) is 0 Å². The number of benzene rings is 2. The molecule has 0 bridgehead atoms. The number of rotatable bonds is 7. The number of amides is 1. The average Bonchev–Trinajstić information content (AvgIpc) is 3.14. The van der Waals surface area contributed by atoms with Crippen LogP contribution in [-0.2, 0) is 13.2 Å². The molecule has 5 nitrogen and oxygen atoms in total. The van der Waals surface area contributed by atoms with Gasteiger partial charge in [-0.15, -0.1) is 0 Å². The molecule has 0 saturated carbocycles. The number of imidazole rings is 1. The van der Waals surface area contributed by atoms with Gasteiger partial charge in [-0.3, -0.25) is 9.36 Å². The molecule has 0 saturated heterocycles. The molecule has 3 aromatic rings. The summed E-state index contributed by atoms with van der Waals surface area (Å²) < 4.78 is 32.4. The number of nitrogens with zero attached hydrogens (tertiary/aromatic N) is 3. The summed E-state index contributed by atoms with van der Waals surface area (Å²) in [6, 6.07) is 14.8. The molecule has 0 unspecified atom stereocenters. The van der Waals surface area contributed by atoms with Gasteiger partial charge in [0.2, 0.25) is 0 Å². The predicted octanol–water partition coefficient (Wildman–Crippen LogP) is 4.44. The van der Waals surface area contributed by atoms with E-state index in [-0.39, 0.29) is 18.3 Å². The van der Waals surface area contributed by atoms with E-state index in [4.69, 9.17) is 4.74 Å². The highest BCUT2D eigenvalue weighted by atomic mass is 19.3. The highest BCUT2D eigenvalue weighted by Crippen LogP contribution is 2.18. The SMILES string of the molecule is Cc1cccc(COc2cccc(C(=O)N(C)Cc3nccn3C(F)F)c2)c1. The molecule has 7 heteroatoms. The summed E-state index contributed by atoms with van der Waals surface area (Å²) in [5.74, 6) is 0.386. The summed E-state index contributed by atoms with van der Waals surface area (Å²) in [7, 11) is 1.55. The van der Waals surface area contributed by atoms with Crippen LogP contribution in [0.4, 0.5) is 8.78 Å². The second-order valence-electron chi connectivity index (χ2n) is 6.50. The van der Waals surface area contributed by atoms with E-state index in [1.807, 2.05) is 31.2 Å². The number of alkyl halides is 2. The second-order valence-corrected chi connectivity index (χ2v) is 6.50. The lowest BCUT2D eigenvalue weighted by molar-refractivity contribution is 0.0612. The monoisotopic (exact) mass is 385 g/mol. The van der Waals surface area contributed by atoms with E-state index < -0.39 is 6.55 Å². The van der Waals surface area contributed by atoms with E-state index in [1.54, 1.807) is 31.3 Å². The van der Waals surface area contributed by atoms with E-state index in [9.17, 15) is 13.6 Å². The van der Waals surface area contributed by atoms with Crippen LogP contribution in [0.15, 0.2) is 60.9 Å². The molecule has 146 valence electrons. The summed E-state index contributed by atoms with van der Waals surface area (Å²) >= 11 is 0. The first-order valence-corrected chi connectivity index (χ1v) is 8.78. The number of hydrogen-bond donors (Lipinski definition) is 0. The number of aryl methyl sites for hydroxylation is 1. The summed E-state index contributed by atoms with van der Waals surface area (Å²) in [6.45, 7) is -0.317. The zero-order chi connectivity index (χ0) is 20.1. The molecule has 0 N–H and O–H groups in total. The third-order valence-electron chi connectivity index (χ3n) is 4.25. The van der Waals surface area contributed by atoms with Gasteiger partial charge < -0.3 is 9.64 Å². The van der Waals surface area contributed by atoms with Crippen molar-refractivity contribution >= 4 is 5.91 Å². The highest BCUT2D eigenvalue weighted by Gasteiger charge is 2.17. The molecule has 1 heterocycles. The van der Waals surface area contributed by atoms with Crippen molar-refractivity contribution in [3.05, 3.63) is 83.4 Å². The van der Waals surface area contributed by atoms with Gasteiger partial charge in [-0.1, -0.05) is 35.9 Å². The molecule has 28 heavy (non-hydrogen) atoms. The third-order valence-corrected chi connectivity index (χ3v) is 4.25. The lowest BCUT2D eigenvalue weighted by atomic mass is 10.1. The lowest BCUT2D eigenvalue weighted by Crippen LogP contribution is -2.27. The average molecular weight is 385 g/mol. The van der Waals surface area contributed by atoms with Gasteiger partial charge in [0, 0.05) is 25.0 Å². The number of ether oxygens (including phenoxy) is 1. The van der Waals surface area contributed by atoms with E-state index >= 15 is 0 Å². The van der Waals surface area contributed by atoms with Crippen LogP contribution in [0, 0.1) is 6.92 Å². The van der Waals surface area contributed by atoms with Gasteiger partial charge in [0.05, 0.1) is 6.54 Å². The van der Waals surface area contributed by atoms with Crippen molar-refractivity contribution in [2.75, 3.05) is 7.05 Å². The zero-order valence-corrected chi connectivity index (χ0v) is 15.7. The van der Waals surface area contributed by atoms with Crippen molar-refractivity contribution < 1.29 is 18.3 Å². The first-order valence-electron chi connectivity index (χ1n) is 8.78. The zero-order valence-electron chi connectivity index (χ0n) is 15.7. The Morgan fingerprint density at radius 2 is 2.00 bits per heavy atom. The predicted molar refractivity (Wildman–Crippen MR) is 101 cm³/mol. The van der Waals surface area contributed by atoms with Crippen molar-refractivity contribution in [2.45, 2.75) is 26.6 Å². The Bertz CT molecular complexity index is 956. The topological polar surface area (TPSA) is 47.4 Å². The summed E-state index contributed by atoms with van der Waals surface area (Å²) in [4.78, 5) is 17.9. The van der Waals surface area contributed by atoms with Crippen LogP contribution in [0.3, 0.4) is 0 Å². The van der Waals surface area contributed by atoms with Crippen molar-refractivity contribution in [1.29, 1.82) is 0 Å². The first-order chi connectivity index (χ1) is 13.4. The molecule has 0 aliphatic heterocycles. The summed E-state index contributed by atoms with van der Waals surface area (Å²) in [5, 5.41) is 0. The molecular weight excluding hydrogens is 364 g/mol. The van der Waals surface area contributed by atoms with Crippen LogP contribution >= 0.6 is 0 Å². The molecule has 1 amide bonds. The van der Waals surface area contributed by atoms with Gasteiger partial charge in [-0.25, -0.2) is 4.98 Å². The van der Waals surface area contributed by atoms with Gasteiger partial charge in [0.15, 0.2) is 0 Å². The first kappa shape index (κ1) is 19.5. The van der Waals surface area contributed by atoms with E-state index in [1.165, 1.54) is 17.3 Å². The van der Waals surface area contributed by atoms with Gasteiger partial charge in [0.25, 0.3) is 5.91 Å². The molecule has 3 rings (SSSR count). The van der Waals surface area contributed by atoms with Crippen LogP contribution in [-0.4, -0.2) is 27.4 Å². The summed E-state index contributed by atoms with van der Waals surface area (Å²) in [6.07, 6.45) is 2.48. The van der Waals surface area contributed by atoms with Gasteiger partial charge in [-0.2, -0.15) is 8.78 Å². The third kappa shape index (κ3) is 4.73. The molecule has 0 spiro atoms. The minimum atomic E-state index is -2.70. The molecule has 2 aromatic carbocycles. The fourth-order valence-corrected chi connectivity index (χ4v) is 2.84.